The van der Waals surface area contributed by atoms with Crippen molar-refractivity contribution in [2.75, 3.05) is 0 Å². The second kappa shape index (κ2) is 8.72. The molecule has 1 N–H and O–H groups in total. The van der Waals surface area contributed by atoms with Gasteiger partial charge >= 0.3 is 0 Å². The highest BCUT2D eigenvalue weighted by atomic mass is 31.0. The van der Waals surface area contributed by atoms with Crippen molar-refractivity contribution in [3.8, 4) is 22.6 Å². The zero-order valence-corrected chi connectivity index (χ0v) is 20.8. The van der Waals surface area contributed by atoms with Crippen LogP contribution in [0, 0.1) is 11.7 Å². The third-order valence-corrected chi connectivity index (χ3v) is 7.41. The molecule has 0 aliphatic heterocycles. The van der Waals surface area contributed by atoms with E-state index in [1.165, 1.54) is 6.07 Å². The number of fused-ring (bicyclic) bond motifs is 3. The van der Waals surface area contributed by atoms with E-state index in [9.17, 15) is 9.50 Å². The van der Waals surface area contributed by atoms with Gasteiger partial charge in [-0.3, -0.25) is 0 Å². The van der Waals surface area contributed by atoms with E-state index in [1.54, 1.807) is 24.3 Å². The number of hydrogen-bond donors (Lipinski definition) is 1. The van der Waals surface area contributed by atoms with Gasteiger partial charge in [-0.25, -0.2) is 8.78 Å². The summed E-state index contributed by atoms with van der Waals surface area (Å²) in [5.41, 5.74) is 3.94. The van der Waals surface area contributed by atoms with Gasteiger partial charge in [-0.2, -0.15) is 0 Å². The molecule has 0 saturated carbocycles. The molecule has 0 saturated heterocycles. The molecule has 0 spiro atoms. The van der Waals surface area contributed by atoms with Gasteiger partial charge in [0.2, 0.25) is 0 Å². The highest BCUT2D eigenvalue weighted by Crippen LogP contribution is 2.39. The molecule has 5 heteroatoms. The highest BCUT2D eigenvalue weighted by Gasteiger charge is 2.21. The summed E-state index contributed by atoms with van der Waals surface area (Å²) in [6, 6.07) is 24.5. The molecule has 0 fully saturated rings. The molecule has 1 aliphatic rings. The van der Waals surface area contributed by atoms with Gasteiger partial charge in [0, 0.05) is 33.9 Å². The number of phenols is 1. The Balaban J connectivity index is 1.53. The highest BCUT2D eigenvalue weighted by molar-refractivity contribution is 7.28. The summed E-state index contributed by atoms with van der Waals surface area (Å²) in [5.74, 6) is -0.612. The van der Waals surface area contributed by atoms with Crippen LogP contribution in [0.5, 0.6) is 5.75 Å². The normalized spacial score (nSPS) is 15.8. The largest absolute Gasteiger partial charge is 0.507 e. The Morgan fingerprint density at radius 3 is 2.17 bits per heavy atom. The maximum Gasteiger partial charge on any atom is 0.155 e. The van der Waals surface area contributed by atoms with Crippen LogP contribution in [0.15, 0.2) is 96.8 Å². The fourth-order valence-electron chi connectivity index (χ4n) is 5.18. The van der Waals surface area contributed by atoms with Crippen LogP contribution < -0.4 is 5.30 Å². The lowest BCUT2D eigenvalue weighted by Crippen LogP contribution is -2.05. The summed E-state index contributed by atoms with van der Waals surface area (Å²) in [6.45, 7) is 1.95. The second-order valence-electron chi connectivity index (χ2n) is 9.32. The average Bonchev–Trinajstić information content (AvgIpc) is 3.20. The predicted octanol–water partition coefficient (Wildman–Crippen LogP) is 8.07. The Bertz CT molecular complexity index is 1680. The number of nitrogens with zero attached hydrogens (tertiary/aromatic N) is 1. The summed E-state index contributed by atoms with van der Waals surface area (Å²) < 4.78 is 32.9. The smallest absolute Gasteiger partial charge is 0.155 e. The predicted molar refractivity (Wildman–Crippen MR) is 148 cm³/mol. The fourth-order valence-corrected chi connectivity index (χ4v) is 5.59. The van der Waals surface area contributed by atoms with E-state index in [4.69, 9.17) is 0 Å². The van der Waals surface area contributed by atoms with Crippen LogP contribution in [0.3, 0.4) is 0 Å². The van der Waals surface area contributed by atoms with Gasteiger partial charge in [0.05, 0.1) is 16.7 Å². The second-order valence-corrected chi connectivity index (χ2v) is 9.95. The number of para-hydroxylation sites is 2. The summed E-state index contributed by atoms with van der Waals surface area (Å²) in [5, 5.41) is 13.6. The molecular formula is C31H24F2NOP. The van der Waals surface area contributed by atoms with Crippen molar-refractivity contribution in [2.45, 2.75) is 13.3 Å². The minimum absolute atomic E-state index is 0.0813. The number of aromatic hydroxyl groups is 1. The summed E-state index contributed by atoms with van der Waals surface area (Å²) in [6.07, 6.45) is 3.95. The van der Waals surface area contributed by atoms with Crippen molar-refractivity contribution in [2.24, 2.45) is 5.92 Å². The maximum absolute atomic E-state index is 16.3. The van der Waals surface area contributed by atoms with E-state index < -0.39 is 5.82 Å². The van der Waals surface area contributed by atoms with Crippen LogP contribution in [0.4, 0.5) is 8.78 Å². The van der Waals surface area contributed by atoms with Gasteiger partial charge in [0.1, 0.15) is 11.6 Å². The van der Waals surface area contributed by atoms with Crippen LogP contribution in [0.1, 0.15) is 18.9 Å². The lowest BCUT2D eigenvalue weighted by atomic mass is 9.91. The van der Waals surface area contributed by atoms with E-state index in [-0.39, 0.29) is 17.5 Å². The SMILES string of the molecule is CC1C=CC(c2cc(P)c(-c3cccc(-n4c5ccccc5c5ccccc54)c3F)cc2O)=C(F)C1. The summed E-state index contributed by atoms with van der Waals surface area (Å²) in [7, 11) is 2.61. The first-order chi connectivity index (χ1) is 17.4. The average molecular weight is 496 g/mol. The first-order valence-corrected chi connectivity index (χ1v) is 12.5. The van der Waals surface area contributed by atoms with E-state index in [0.29, 0.717) is 39.7 Å². The third-order valence-electron chi connectivity index (χ3n) is 6.93. The molecule has 2 nitrogen and oxygen atoms in total. The van der Waals surface area contributed by atoms with Crippen molar-refractivity contribution in [3.63, 3.8) is 0 Å². The zero-order valence-electron chi connectivity index (χ0n) is 19.7. The standard InChI is InChI=1S/C31H24F2NOP/c1-18-13-14-19(25(32)15-18)23-17-30(36)24(16-29(23)35)22-9-6-12-28(31(22)33)34-26-10-4-2-7-20(26)21-8-3-5-11-27(21)34/h2-14,16-18,35H,15,36H2,1H3. The van der Waals surface area contributed by atoms with E-state index in [0.717, 1.165) is 21.8 Å². The van der Waals surface area contributed by atoms with Gasteiger partial charge in [0.25, 0.3) is 0 Å². The lowest BCUT2D eigenvalue weighted by molar-refractivity contribution is 0.472. The molecule has 178 valence electrons. The Morgan fingerprint density at radius 1 is 0.833 bits per heavy atom. The molecule has 0 radical (unpaired) electrons. The van der Waals surface area contributed by atoms with Crippen LogP contribution in [-0.2, 0) is 0 Å². The molecule has 5 aromatic rings. The van der Waals surface area contributed by atoms with E-state index >= 15 is 4.39 Å². The number of benzene rings is 4. The monoisotopic (exact) mass is 495 g/mol. The Kier molecular flexibility index (Phi) is 5.50. The molecule has 2 atom stereocenters. The van der Waals surface area contributed by atoms with Gasteiger partial charge in [-0.1, -0.05) is 67.6 Å². The summed E-state index contributed by atoms with van der Waals surface area (Å²) in [4.78, 5) is 0. The van der Waals surface area contributed by atoms with Crippen molar-refractivity contribution < 1.29 is 13.9 Å². The van der Waals surface area contributed by atoms with Gasteiger partial charge in [-0.15, -0.1) is 9.24 Å². The summed E-state index contributed by atoms with van der Waals surface area (Å²) >= 11 is 0. The molecule has 2 unspecified atom stereocenters. The molecule has 1 heterocycles. The first kappa shape index (κ1) is 22.7. The minimum Gasteiger partial charge on any atom is -0.507 e. The van der Waals surface area contributed by atoms with Crippen LogP contribution in [0.2, 0.25) is 0 Å². The van der Waals surface area contributed by atoms with Crippen molar-refractivity contribution in [3.05, 3.63) is 108 Å². The van der Waals surface area contributed by atoms with E-state index in [1.807, 2.05) is 72.2 Å². The number of aromatic nitrogens is 1. The number of allylic oxidation sites excluding steroid dienone is 4. The number of rotatable bonds is 3. The van der Waals surface area contributed by atoms with Crippen LogP contribution >= 0.6 is 9.24 Å². The molecule has 0 bridgehead atoms. The quantitative estimate of drug-likeness (QED) is 0.252. The molecule has 6 rings (SSSR count). The van der Waals surface area contributed by atoms with Crippen molar-refractivity contribution in [1.82, 2.24) is 4.57 Å². The first-order valence-electron chi connectivity index (χ1n) is 11.9. The molecular weight excluding hydrogens is 471 g/mol. The Labute approximate surface area is 210 Å². The number of phenolic OH excluding ortho intramolecular Hbond substituents is 1. The molecule has 0 amide bonds. The van der Waals surface area contributed by atoms with Crippen molar-refractivity contribution in [1.29, 1.82) is 0 Å². The topological polar surface area (TPSA) is 25.2 Å². The minimum atomic E-state index is -0.392. The van der Waals surface area contributed by atoms with Gasteiger partial charge in [0.15, 0.2) is 5.82 Å². The molecule has 36 heavy (non-hydrogen) atoms. The maximum atomic E-state index is 16.3. The molecule has 4 aromatic carbocycles. The Morgan fingerprint density at radius 2 is 1.50 bits per heavy atom. The zero-order chi connectivity index (χ0) is 25.0. The lowest BCUT2D eigenvalue weighted by Gasteiger charge is -2.18. The van der Waals surface area contributed by atoms with Crippen molar-refractivity contribution >= 4 is 41.9 Å². The van der Waals surface area contributed by atoms with Crippen LogP contribution in [0.25, 0.3) is 44.2 Å². The van der Waals surface area contributed by atoms with Gasteiger partial charge < -0.3 is 9.67 Å². The number of hydrogen-bond acceptors (Lipinski definition) is 1. The van der Waals surface area contributed by atoms with E-state index in [2.05, 4.69) is 9.24 Å². The Hall–Kier alpha value is -3.75. The molecule has 1 aromatic heterocycles. The van der Waals surface area contributed by atoms with Crippen LogP contribution in [-0.4, -0.2) is 9.67 Å². The fraction of sp³-hybridized carbons (Fsp3) is 0.0968. The van der Waals surface area contributed by atoms with Gasteiger partial charge in [-0.05, 0) is 47.1 Å². The third kappa shape index (κ3) is 3.56. The molecule has 1 aliphatic carbocycles. The number of halogens is 2.